The first kappa shape index (κ1) is 21.6. The zero-order chi connectivity index (χ0) is 19.9. The van der Waals surface area contributed by atoms with Crippen molar-refractivity contribution in [1.82, 2.24) is 9.97 Å². The fraction of sp³-hybridized carbons (Fsp3) is 0.0370. The number of fused-ring (bicyclic) bond motifs is 1. The Morgan fingerprint density at radius 2 is 1.33 bits per heavy atom. The van der Waals surface area contributed by atoms with E-state index in [-0.39, 0.29) is 20.1 Å². The van der Waals surface area contributed by atoms with Gasteiger partial charge in [0.15, 0.2) is 0 Å². The zero-order valence-electron chi connectivity index (χ0n) is 16.5. The first-order valence-corrected chi connectivity index (χ1v) is 9.52. The third-order valence-electron chi connectivity index (χ3n) is 4.54. The van der Waals surface area contributed by atoms with Crippen LogP contribution in [-0.4, -0.2) is 9.97 Å². The van der Waals surface area contributed by atoms with E-state index < -0.39 is 0 Å². The number of rotatable bonds is 2. The summed E-state index contributed by atoms with van der Waals surface area (Å²) in [4.78, 5) is 8.72. The van der Waals surface area contributed by atoms with E-state index in [1.165, 1.54) is 16.3 Å². The Morgan fingerprint density at radius 1 is 0.667 bits per heavy atom. The average molecular weight is 565 g/mol. The minimum atomic E-state index is 0. The summed E-state index contributed by atoms with van der Waals surface area (Å²) >= 11 is 0. The van der Waals surface area contributed by atoms with Crippen molar-refractivity contribution in [3.63, 3.8) is 0 Å². The second-order valence-electron chi connectivity index (χ2n) is 6.65. The standard InChI is InChI=1S/C15H10N.C12H10N.Ir/c1-2-7-13(8-3-1)15-14-9-5-4-6-12(14)10-11-16-15;1-10-7-8-13-12(9-10)11-5-3-2-4-6-11;/h1-7,9-11H;2-5,7-9H,1H3;/q2*-1;. The molecule has 0 saturated carbocycles. The average Bonchev–Trinajstić information content (AvgIpc) is 2.80. The SMILES string of the molecule is Cc1ccnc(-c2[c-]cccc2)c1.[Ir].[c-]1ccccc1-c1nccc2ccccc12. The Bertz CT molecular complexity index is 1200. The maximum atomic E-state index is 4.45. The molecule has 1 radical (unpaired) electrons. The van der Waals surface area contributed by atoms with Crippen molar-refractivity contribution in [1.29, 1.82) is 0 Å². The van der Waals surface area contributed by atoms with Gasteiger partial charge in [0.2, 0.25) is 0 Å². The van der Waals surface area contributed by atoms with E-state index in [1.54, 1.807) is 0 Å². The molecule has 149 valence electrons. The van der Waals surface area contributed by atoms with E-state index in [1.807, 2.05) is 85.2 Å². The molecule has 0 spiro atoms. The first-order chi connectivity index (χ1) is 14.3. The van der Waals surface area contributed by atoms with Crippen LogP contribution in [0.3, 0.4) is 0 Å². The summed E-state index contributed by atoms with van der Waals surface area (Å²) in [6.45, 7) is 2.06. The smallest absolute Gasteiger partial charge is 0.0167 e. The van der Waals surface area contributed by atoms with Crippen LogP contribution in [-0.2, 0) is 20.1 Å². The van der Waals surface area contributed by atoms with Crippen LogP contribution in [0.25, 0.3) is 33.3 Å². The molecular formula is C27H20IrN2-2. The van der Waals surface area contributed by atoms with Gasteiger partial charge in [0.05, 0.1) is 0 Å². The van der Waals surface area contributed by atoms with Gasteiger partial charge in [0.25, 0.3) is 0 Å². The molecule has 2 aromatic heterocycles. The fourth-order valence-corrected chi connectivity index (χ4v) is 3.11. The van der Waals surface area contributed by atoms with Gasteiger partial charge in [0, 0.05) is 32.5 Å². The molecular weight excluding hydrogens is 545 g/mol. The molecule has 0 aliphatic heterocycles. The van der Waals surface area contributed by atoms with Crippen molar-refractivity contribution < 1.29 is 20.1 Å². The number of aromatic nitrogens is 2. The van der Waals surface area contributed by atoms with E-state index in [4.69, 9.17) is 0 Å². The molecule has 2 heterocycles. The molecule has 0 unspecified atom stereocenters. The molecule has 0 amide bonds. The van der Waals surface area contributed by atoms with Crippen LogP contribution < -0.4 is 0 Å². The second kappa shape index (κ2) is 10.6. The number of aryl methyl sites for hydroxylation is 1. The second-order valence-corrected chi connectivity index (χ2v) is 6.65. The van der Waals surface area contributed by atoms with Crippen LogP contribution in [0.1, 0.15) is 5.56 Å². The minimum Gasteiger partial charge on any atom is -0.305 e. The van der Waals surface area contributed by atoms with Crippen LogP contribution >= 0.6 is 0 Å². The van der Waals surface area contributed by atoms with Crippen molar-refractivity contribution in [3.8, 4) is 22.5 Å². The van der Waals surface area contributed by atoms with Gasteiger partial charge < -0.3 is 9.97 Å². The summed E-state index contributed by atoms with van der Waals surface area (Å²) in [5.74, 6) is 0. The van der Waals surface area contributed by atoms with Gasteiger partial charge in [-0.15, -0.1) is 71.8 Å². The van der Waals surface area contributed by atoms with Crippen LogP contribution in [0.4, 0.5) is 0 Å². The van der Waals surface area contributed by atoms with E-state index in [9.17, 15) is 0 Å². The molecule has 2 nitrogen and oxygen atoms in total. The van der Waals surface area contributed by atoms with Gasteiger partial charge in [-0.1, -0.05) is 35.9 Å². The molecule has 0 bridgehead atoms. The van der Waals surface area contributed by atoms with Gasteiger partial charge in [0.1, 0.15) is 0 Å². The van der Waals surface area contributed by atoms with Gasteiger partial charge in [-0.25, -0.2) is 0 Å². The Morgan fingerprint density at radius 3 is 2.03 bits per heavy atom. The van der Waals surface area contributed by atoms with Crippen molar-refractivity contribution in [3.05, 3.63) is 121 Å². The number of hydrogen-bond donors (Lipinski definition) is 0. The summed E-state index contributed by atoms with van der Waals surface area (Å²) in [6, 6.07) is 36.5. The summed E-state index contributed by atoms with van der Waals surface area (Å²) in [5.41, 5.74) is 5.30. The van der Waals surface area contributed by atoms with Crippen molar-refractivity contribution >= 4 is 10.8 Å². The monoisotopic (exact) mass is 565 g/mol. The minimum absolute atomic E-state index is 0. The predicted octanol–water partition coefficient (Wildman–Crippen LogP) is 6.56. The molecule has 0 atom stereocenters. The third-order valence-corrected chi connectivity index (χ3v) is 4.54. The third kappa shape index (κ3) is 5.27. The van der Waals surface area contributed by atoms with Gasteiger partial charge in [-0.3, -0.25) is 0 Å². The van der Waals surface area contributed by atoms with Crippen LogP contribution in [0, 0.1) is 19.1 Å². The zero-order valence-corrected chi connectivity index (χ0v) is 18.9. The number of benzene rings is 3. The maximum Gasteiger partial charge on any atom is 0.0167 e. The van der Waals surface area contributed by atoms with Crippen LogP contribution in [0.15, 0.2) is 103 Å². The largest absolute Gasteiger partial charge is 0.305 e. The first-order valence-electron chi connectivity index (χ1n) is 9.52. The van der Waals surface area contributed by atoms with E-state index in [2.05, 4.69) is 47.2 Å². The van der Waals surface area contributed by atoms with Crippen molar-refractivity contribution in [2.75, 3.05) is 0 Å². The van der Waals surface area contributed by atoms with Crippen molar-refractivity contribution in [2.24, 2.45) is 0 Å². The van der Waals surface area contributed by atoms with Crippen molar-refractivity contribution in [2.45, 2.75) is 6.92 Å². The molecule has 0 N–H and O–H groups in total. The normalized spacial score (nSPS) is 9.90. The predicted molar refractivity (Wildman–Crippen MR) is 119 cm³/mol. The quantitative estimate of drug-likeness (QED) is 0.227. The van der Waals surface area contributed by atoms with E-state index >= 15 is 0 Å². The summed E-state index contributed by atoms with van der Waals surface area (Å²) in [7, 11) is 0. The molecule has 0 aliphatic rings. The van der Waals surface area contributed by atoms with Crippen LogP contribution in [0.2, 0.25) is 0 Å². The molecule has 0 saturated heterocycles. The number of nitrogens with zero attached hydrogens (tertiary/aromatic N) is 2. The number of hydrogen-bond acceptors (Lipinski definition) is 2. The Hall–Kier alpha value is -3.13. The molecule has 30 heavy (non-hydrogen) atoms. The van der Waals surface area contributed by atoms with Gasteiger partial charge in [-0.2, -0.15) is 0 Å². The molecule has 3 aromatic carbocycles. The molecule has 3 heteroatoms. The van der Waals surface area contributed by atoms with E-state index in [0.29, 0.717) is 0 Å². The summed E-state index contributed by atoms with van der Waals surface area (Å²) < 4.78 is 0. The maximum absolute atomic E-state index is 4.45. The Balaban J connectivity index is 0.000000169. The molecule has 5 rings (SSSR count). The van der Waals surface area contributed by atoms with Gasteiger partial charge in [-0.05, 0) is 41.2 Å². The molecule has 5 aromatic rings. The van der Waals surface area contributed by atoms with E-state index in [0.717, 1.165) is 22.5 Å². The molecule has 0 fully saturated rings. The topological polar surface area (TPSA) is 25.8 Å². The van der Waals surface area contributed by atoms with Crippen LogP contribution in [0.5, 0.6) is 0 Å². The number of pyridine rings is 2. The summed E-state index contributed by atoms with van der Waals surface area (Å²) in [6.07, 6.45) is 3.67. The molecule has 0 aliphatic carbocycles. The van der Waals surface area contributed by atoms with Gasteiger partial charge >= 0.3 is 0 Å². The Labute approximate surface area is 191 Å². The Kier molecular flexibility index (Phi) is 7.62. The summed E-state index contributed by atoms with van der Waals surface area (Å²) in [5, 5.41) is 2.39. The fourth-order valence-electron chi connectivity index (χ4n) is 3.11.